The van der Waals surface area contributed by atoms with Crippen molar-refractivity contribution in [2.24, 2.45) is 0 Å². The van der Waals surface area contributed by atoms with Crippen LogP contribution in [0.1, 0.15) is 32.6 Å². The van der Waals surface area contributed by atoms with Crippen LogP contribution in [0.15, 0.2) is 0 Å². The van der Waals surface area contributed by atoms with E-state index in [4.69, 9.17) is 4.74 Å². The summed E-state index contributed by atoms with van der Waals surface area (Å²) >= 11 is 0. The molecule has 0 aromatic carbocycles. The van der Waals surface area contributed by atoms with Gasteiger partial charge >= 0.3 is 6.18 Å². The second-order valence-electron chi connectivity index (χ2n) is 5.00. The van der Waals surface area contributed by atoms with Crippen molar-refractivity contribution in [2.45, 2.75) is 44.9 Å². The number of piperidine rings is 1. The highest BCUT2D eigenvalue weighted by Crippen LogP contribution is 2.17. The number of carbonyl (C=O) groups excluding carboxylic acids is 1. The molecule has 0 atom stereocenters. The van der Waals surface area contributed by atoms with Crippen molar-refractivity contribution in [3.63, 3.8) is 0 Å². The number of ether oxygens (including phenoxy) is 1. The molecule has 0 aromatic rings. The summed E-state index contributed by atoms with van der Waals surface area (Å²) in [5, 5.41) is 3.19. The number of hydrogen-bond acceptors (Lipinski definition) is 3. The first-order valence-corrected chi connectivity index (χ1v) is 7.09. The molecule has 0 spiro atoms. The van der Waals surface area contributed by atoms with E-state index in [0.29, 0.717) is 6.42 Å². The Morgan fingerprint density at radius 1 is 1.35 bits per heavy atom. The summed E-state index contributed by atoms with van der Waals surface area (Å²) in [4.78, 5) is 12.7. The van der Waals surface area contributed by atoms with E-state index < -0.39 is 18.6 Å². The van der Waals surface area contributed by atoms with Crippen molar-refractivity contribution in [1.82, 2.24) is 10.2 Å². The van der Waals surface area contributed by atoms with Gasteiger partial charge in [0, 0.05) is 6.54 Å². The highest BCUT2D eigenvalue weighted by molar-refractivity contribution is 5.76. The molecule has 0 bridgehead atoms. The van der Waals surface area contributed by atoms with Crippen molar-refractivity contribution in [2.75, 3.05) is 32.8 Å². The smallest absolute Gasteiger partial charge is 0.378 e. The average molecular weight is 296 g/mol. The largest absolute Gasteiger partial charge is 0.406 e. The van der Waals surface area contributed by atoms with Crippen LogP contribution >= 0.6 is 0 Å². The van der Waals surface area contributed by atoms with Crippen molar-refractivity contribution in [3.8, 4) is 0 Å². The van der Waals surface area contributed by atoms with Gasteiger partial charge in [0.25, 0.3) is 0 Å². The highest BCUT2D eigenvalue weighted by Gasteiger charge is 2.32. The summed E-state index contributed by atoms with van der Waals surface area (Å²) in [6.07, 6.45) is -1.94. The van der Waals surface area contributed by atoms with Crippen LogP contribution in [0.3, 0.4) is 0 Å². The summed E-state index contributed by atoms with van der Waals surface area (Å²) in [7, 11) is 0. The fourth-order valence-electron chi connectivity index (χ4n) is 2.21. The Hall–Kier alpha value is -0.820. The maximum Gasteiger partial charge on any atom is 0.406 e. The summed E-state index contributed by atoms with van der Waals surface area (Å²) in [6.45, 7) is 2.67. The standard InChI is InChI=1S/C13H23F3N2O2/c1-2-8-18(10-13(14,15)16)12(19)5-9-20-11-3-6-17-7-4-11/h11,17H,2-10H2,1H3. The average Bonchev–Trinajstić information content (AvgIpc) is 2.38. The van der Waals surface area contributed by atoms with Gasteiger partial charge in [-0.05, 0) is 32.4 Å². The number of halogens is 3. The second kappa shape index (κ2) is 8.46. The maximum atomic E-state index is 12.4. The molecule has 1 fully saturated rings. The van der Waals surface area contributed by atoms with E-state index >= 15 is 0 Å². The minimum atomic E-state index is -4.35. The van der Waals surface area contributed by atoms with E-state index in [1.54, 1.807) is 6.92 Å². The number of amides is 1. The molecule has 1 aliphatic heterocycles. The van der Waals surface area contributed by atoms with Crippen molar-refractivity contribution in [3.05, 3.63) is 0 Å². The molecule has 0 aliphatic carbocycles. The SMILES string of the molecule is CCCN(CC(F)(F)F)C(=O)CCOC1CCNCC1. The van der Waals surface area contributed by atoms with Crippen molar-refractivity contribution in [1.29, 1.82) is 0 Å². The Balaban J connectivity index is 2.29. The number of nitrogens with zero attached hydrogens (tertiary/aromatic N) is 1. The Bertz CT molecular complexity index is 292. The Morgan fingerprint density at radius 2 is 2.00 bits per heavy atom. The molecule has 1 aliphatic rings. The van der Waals surface area contributed by atoms with Crippen LogP contribution in [0.2, 0.25) is 0 Å². The number of carbonyl (C=O) groups is 1. The Kier molecular flexibility index (Phi) is 7.29. The fourth-order valence-corrected chi connectivity index (χ4v) is 2.21. The first-order valence-electron chi connectivity index (χ1n) is 7.09. The third-order valence-corrected chi connectivity index (χ3v) is 3.17. The molecule has 1 heterocycles. The summed E-state index contributed by atoms with van der Waals surface area (Å²) in [6, 6.07) is 0. The summed E-state index contributed by atoms with van der Waals surface area (Å²) in [5.41, 5.74) is 0. The summed E-state index contributed by atoms with van der Waals surface area (Å²) < 4.78 is 42.7. The van der Waals surface area contributed by atoms with Gasteiger partial charge in [0.2, 0.25) is 5.91 Å². The van der Waals surface area contributed by atoms with Crippen LogP contribution in [-0.4, -0.2) is 55.9 Å². The number of hydrogen-bond donors (Lipinski definition) is 1. The molecule has 1 amide bonds. The number of alkyl halides is 3. The van der Waals surface area contributed by atoms with Crippen LogP contribution < -0.4 is 5.32 Å². The van der Waals surface area contributed by atoms with Gasteiger partial charge in [-0.3, -0.25) is 4.79 Å². The van der Waals surface area contributed by atoms with Gasteiger partial charge in [-0.2, -0.15) is 13.2 Å². The predicted molar refractivity (Wildman–Crippen MR) is 69.4 cm³/mol. The van der Waals surface area contributed by atoms with Gasteiger partial charge in [-0.25, -0.2) is 0 Å². The van der Waals surface area contributed by atoms with E-state index in [-0.39, 0.29) is 25.7 Å². The van der Waals surface area contributed by atoms with Crippen LogP contribution in [-0.2, 0) is 9.53 Å². The lowest BCUT2D eigenvalue weighted by atomic mass is 10.1. The van der Waals surface area contributed by atoms with Crippen molar-refractivity contribution >= 4 is 5.91 Å². The van der Waals surface area contributed by atoms with Crippen LogP contribution in [0, 0.1) is 0 Å². The molecule has 0 aromatic heterocycles. The molecule has 118 valence electrons. The van der Waals surface area contributed by atoms with Crippen LogP contribution in [0.25, 0.3) is 0 Å². The molecule has 0 radical (unpaired) electrons. The zero-order valence-electron chi connectivity index (χ0n) is 11.8. The first-order chi connectivity index (χ1) is 9.42. The van der Waals surface area contributed by atoms with E-state index in [1.807, 2.05) is 0 Å². The number of rotatable bonds is 7. The molecular weight excluding hydrogens is 273 g/mol. The zero-order chi connectivity index (χ0) is 15.0. The molecule has 4 nitrogen and oxygen atoms in total. The zero-order valence-corrected chi connectivity index (χ0v) is 11.8. The maximum absolute atomic E-state index is 12.4. The first kappa shape index (κ1) is 17.2. The van der Waals surface area contributed by atoms with Crippen LogP contribution in [0.4, 0.5) is 13.2 Å². The lowest BCUT2D eigenvalue weighted by Crippen LogP contribution is -2.40. The molecule has 0 unspecified atom stereocenters. The van der Waals surface area contributed by atoms with E-state index in [0.717, 1.165) is 30.8 Å². The van der Waals surface area contributed by atoms with E-state index in [1.165, 1.54) is 0 Å². The summed E-state index contributed by atoms with van der Waals surface area (Å²) in [5.74, 6) is -0.488. The molecular formula is C13H23F3N2O2. The third kappa shape index (κ3) is 7.09. The third-order valence-electron chi connectivity index (χ3n) is 3.17. The molecule has 1 N–H and O–H groups in total. The highest BCUT2D eigenvalue weighted by atomic mass is 19.4. The lowest BCUT2D eigenvalue weighted by Gasteiger charge is -2.25. The Labute approximate surface area is 117 Å². The van der Waals surface area contributed by atoms with Gasteiger partial charge < -0.3 is 15.0 Å². The van der Waals surface area contributed by atoms with Gasteiger partial charge in [-0.1, -0.05) is 6.92 Å². The van der Waals surface area contributed by atoms with E-state index in [9.17, 15) is 18.0 Å². The van der Waals surface area contributed by atoms with Crippen LogP contribution in [0.5, 0.6) is 0 Å². The Morgan fingerprint density at radius 3 is 2.55 bits per heavy atom. The quantitative estimate of drug-likeness (QED) is 0.781. The minimum Gasteiger partial charge on any atom is -0.378 e. The molecule has 20 heavy (non-hydrogen) atoms. The lowest BCUT2D eigenvalue weighted by molar-refractivity contribution is -0.162. The number of nitrogens with one attached hydrogen (secondary N) is 1. The molecule has 1 saturated heterocycles. The predicted octanol–water partition coefficient (Wildman–Crippen LogP) is 1.95. The monoisotopic (exact) mass is 296 g/mol. The van der Waals surface area contributed by atoms with E-state index in [2.05, 4.69) is 5.32 Å². The molecule has 0 saturated carbocycles. The van der Waals surface area contributed by atoms with Gasteiger partial charge in [0.15, 0.2) is 0 Å². The van der Waals surface area contributed by atoms with Gasteiger partial charge in [0.05, 0.1) is 19.1 Å². The minimum absolute atomic E-state index is 0.0139. The van der Waals surface area contributed by atoms with Crippen molar-refractivity contribution < 1.29 is 22.7 Å². The van der Waals surface area contributed by atoms with Gasteiger partial charge in [-0.15, -0.1) is 0 Å². The molecule has 1 rings (SSSR count). The normalized spacial score (nSPS) is 17.2. The second-order valence-corrected chi connectivity index (χ2v) is 5.00. The topological polar surface area (TPSA) is 41.6 Å². The van der Waals surface area contributed by atoms with Gasteiger partial charge in [0.1, 0.15) is 6.54 Å². The fraction of sp³-hybridized carbons (Fsp3) is 0.923. The molecule has 7 heteroatoms.